The number of pyridine rings is 1. The first-order valence-electron chi connectivity index (χ1n) is 7.27. The Labute approximate surface area is 125 Å². The number of anilines is 2. The number of carbonyl (C=O) groups is 1. The van der Waals surface area contributed by atoms with Gasteiger partial charge in [-0.05, 0) is 25.3 Å². The van der Waals surface area contributed by atoms with Crippen LogP contribution >= 0.6 is 0 Å². The van der Waals surface area contributed by atoms with E-state index in [1.165, 1.54) is 6.20 Å². The van der Waals surface area contributed by atoms with Gasteiger partial charge >= 0.3 is 5.97 Å². The predicted molar refractivity (Wildman–Crippen MR) is 81.4 cm³/mol. The fraction of sp³-hybridized carbons (Fsp3) is 0.600. The van der Waals surface area contributed by atoms with Gasteiger partial charge in [-0.1, -0.05) is 6.92 Å². The molecule has 2 unspecified atom stereocenters. The van der Waals surface area contributed by atoms with E-state index >= 15 is 0 Å². The maximum atomic E-state index is 11.9. The van der Waals surface area contributed by atoms with Crippen LogP contribution in [-0.4, -0.2) is 43.9 Å². The Kier molecular flexibility index (Phi) is 5.01. The predicted octanol–water partition coefficient (Wildman–Crippen LogP) is 1.70. The summed E-state index contributed by atoms with van der Waals surface area (Å²) in [6, 6.07) is 1.70. The fourth-order valence-electron chi connectivity index (χ4n) is 2.56. The molecule has 0 aliphatic carbocycles. The first-order chi connectivity index (χ1) is 10.1. The second-order valence-corrected chi connectivity index (χ2v) is 5.34. The highest BCUT2D eigenvalue weighted by molar-refractivity contribution is 5.95. The lowest BCUT2D eigenvalue weighted by Gasteiger charge is -2.37. The number of hydrogen-bond acceptors (Lipinski definition) is 6. The van der Waals surface area contributed by atoms with E-state index < -0.39 is 5.97 Å². The third-order valence-corrected chi connectivity index (χ3v) is 3.93. The summed E-state index contributed by atoms with van der Waals surface area (Å²) in [5.74, 6) is 0.845. The average molecular weight is 293 g/mol. The molecule has 6 heteroatoms. The van der Waals surface area contributed by atoms with E-state index in [2.05, 4.69) is 16.8 Å². The van der Waals surface area contributed by atoms with Crippen LogP contribution in [0.25, 0.3) is 0 Å². The van der Waals surface area contributed by atoms with Crippen LogP contribution in [-0.2, 0) is 9.47 Å². The highest BCUT2D eigenvalue weighted by atomic mass is 16.5. The van der Waals surface area contributed by atoms with Gasteiger partial charge < -0.3 is 20.1 Å². The lowest BCUT2D eigenvalue weighted by Crippen LogP contribution is -2.44. The number of nitrogens with two attached hydrogens (primary N) is 1. The van der Waals surface area contributed by atoms with Crippen molar-refractivity contribution >= 4 is 17.5 Å². The lowest BCUT2D eigenvalue weighted by molar-refractivity contribution is 0.0496. The summed E-state index contributed by atoms with van der Waals surface area (Å²) >= 11 is 0. The first kappa shape index (κ1) is 15.6. The molecule has 0 amide bonds. The molecule has 2 rings (SSSR count). The molecule has 116 valence electrons. The Morgan fingerprint density at radius 1 is 1.57 bits per heavy atom. The summed E-state index contributed by atoms with van der Waals surface area (Å²) in [5, 5.41) is 0. The number of nitrogen functional groups attached to an aromatic ring is 1. The third kappa shape index (κ3) is 3.44. The van der Waals surface area contributed by atoms with Gasteiger partial charge in [-0.25, -0.2) is 9.78 Å². The summed E-state index contributed by atoms with van der Waals surface area (Å²) < 4.78 is 10.5. The molecule has 0 radical (unpaired) electrons. The van der Waals surface area contributed by atoms with E-state index in [-0.39, 0.29) is 6.10 Å². The van der Waals surface area contributed by atoms with Crippen LogP contribution in [0.3, 0.4) is 0 Å². The Balaban J connectivity index is 2.20. The summed E-state index contributed by atoms with van der Waals surface area (Å²) in [6.07, 6.45) is 2.71. The molecule has 2 heterocycles. The third-order valence-electron chi connectivity index (χ3n) is 3.93. The highest BCUT2D eigenvalue weighted by Gasteiger charge is 2.27. The highest BCUT2D eigenvalue weighted by Crippen LogP contribution is 2.25. The molecular weight excluding hydrogens is 270 g/mol. The molecule has 0 saturated carbocycles. The lowest BCUT2D eigenvalue weighted by atomic mass is 9.96. The van der Waals surface area contributed by atoms with Crippen LogP contribution in [0.4, 0.5) is 11.5 Å². The number of methoxy groups -OCH3 is 1. The monoisotopic (exact) mass is 293 g/mol. The van der Waals surface area contributed by atoms with Gasteiger partial charge in [-0.15, -0.1) is 0 Å². The molecule has 1 aromatic rings. The zero-order valence-electron chi connectivity index (χ0n) is 12.8. The Morgan fingerprint density at radius 2 is 2.33 bits per heavy atom. The molecule has 2 atom stereocenters. The summed E-state index contributed by atoms with van der Waals surface area (Å²) in [7, 11) is 1.73. The number of esters is 1. The number of aromatic nitrogens is 1. The van der Waals surface area contributed by atoms with Gasteiger partial charge in [0.1, 0.15) is 5.82 Å². The fourth-order valence-corrected chi connectivity index (χ4v) is 2.56. The Hall–Kier alpha value is -1.82. The van der Waals surface area contributed by atoms with Crippen molar-refractivity contribution in [3.8, 4) is 0 Å². The first-order valence-corrected chi connectivity index (χ1v) is 7.27. The molecule has 1 aliphatic heterocycles. The number of piperidine rings is 1. The number of ether oxygens (including phenoxy) is 2. The molecule has 1 saturated heterocycles. The van der Waals surface area contributed by atoms with Crippen molar-refractivity contribution in [2.45, 2.75) is 26.4 Å². The molecule has 0 bridgehead atoms. The average Bonchev–Trinajstić information content (AvgIpc) is 2.48. The summed E-state index contributed by atoms with van der Waals surface area (Å²) in [6.45, 7) is 5.93. The zero-order chi connectivity index (χ0) is 15.4. The van der Waals surface area contributed by atoms with Gasteiger partial charge in [0.15, 0.2) is 0 Å². The Bertz CT molecular complexity index is 507. The molecule has 1 fully saturated rings. The van der Waals surface area contributed by atoms with Crippen LogP contribution in [0.5, 0.6) is 0 Å². The SMILES string of the molecule is CCOC(=O)c1cc(N2CCC(C)C(OC)C2)ncc1N. The van der Waals surface area contributed by atoms with Crippen molar-refractivity contribution in [2.75, 3.05) is 37.4 Å². The maximum absolute atomic E-state index is 11.9. The van der Waals surface area contributed by atoms with Crippen molar-refractivity contribution in [3.63, 3.8) is 0 Å². The topological polar surface area (TPSA) is 77.7 Å². The normalized spacial score (nSPS) is 22.1. The maximum Gasteiger partial charge on any atom is 0.340 e. The van der Waals surface area contributed by atoms with Crippen molar-refractivity contribution < 1.29 is 14.3 Å². The van der Waals surface area contributed by atoms with E-state index in [0.717, 1.165) is 25.3 Å². The van der Waals surface area contributed by atoms with Crippen LogP contribution < -0.4 is 10.6 Å². The van der Waals surface area contributed by atoms with E-state index in [0.29, 0.717) is 23.8 Å². The second-order valence-electron chi connectivity index (χ2n) is 5.34. The van der Waals surface area contributed by atoms with Crippen LogP contribution in [0, 0.1) is 5.92 Å². The van der Waals surface area contributed by atoms with Crippen LogP contribution in [0.15, 0.2) is 12.3 Å². The standard InChI is InChI=1S/C15H23N3O3/c1-4-21-15(19)11-7-14(17-8-12(11)16)18-6-5-10(2)13(9-18)20-3/h7-8,10,13H,4-6,9,16H2,1-3H3. The smallest absolute Gasteiger partial charge is 0.340 e. The molecule has 0 spiro atoms. The summed E-state index contributed by atoms with van der Waals surface area (Å²) in [5.41, 5.74) is 6.53. The molecule has 1 aromatic heterocycles. The van der Waals surface area contributed by atoms with Gasteiger partial charge in [0.25, 0.3) is 0 Å². The minimum absolute atomic E-state index is 0.171. The number of carbonyl (C=O) groups excluding carboxylic acids is 1. The van der Waals surface area contributed by atoms with Gasteiger partial charge in [-0.2, -0.15) is 0 Å². The molecule has 2 N–H and O–H groups in total. The minimum atomic E-state index is -0.410. The van der Waals surface area contributed by atoms with Gasteiger partial charge in [0, 0.05) is 20.2 Å². The number of rotatable bonds is 4. The van der Waals surface area contributed by atoms with Gasteiger partial charge in [-0.3, -0.25) is 0 Å². The largest absolute Gasteiger partial charge is 0.462 e. The second kappa shape index (κ2) is 6.76. The zero-order valence-corrected chi connectivity index (χ0v) is 12.8. The molecule has 0 aromatic carbocycles. The summed E-state index contributed by atoms with van der Waals surface area (Å²) in [4.78, 5) is 18.4. The van der Waals surface area contributed by atoms with Crippen molar-refractivity contribution in [2.24, 2.45) is 5.92 Å². The van der Waals surface area contributed by atoms with Gasteiger partial charge in [0.2, 0.25) is 0 Å². The van der Waals surface area contributed by atoms with Crippen molar-refractivity contribution in [1.82, 2.24) is 4.98 Å². The van der Waals surface area contributed by atoms with Crippen LogP contribution in [0.1, 0.15) is 30.6 Å². The molecular formula is C15H23N3O3. The molecule has 1 aliphatic rings. The Morgan fingerprint density at radius 3 is 3.00 bits per heavy atom. The van der Waals surface area contributed by atoms with E-state index in [9.17, 15) is 4.79 Å². The molecule has 21 heavy (non-hydrogen) atoms. The van der Waals surface area contributed by atoms with E-state index in [1.807, 2.05) is 0 Å². The van der Waals surface area contributed by atoms with Crippen LogP contribution in [0.2, 0.25) is 0 Å². The van der Waals surface area contributed by atoms with Gasteiger partial charge in [0.05, 0.1) is 30.2 Å². The quantitative estimate of drug-likeness (QED) is 0.851. The number of nitrogens with zero attached hydrogens (tertiary/aromatic N) is 2. The van der Waals surface area contributed by atoms with Crippen molar-refractivity contribution in [3.05, 3.63) is 17.8 Å². The van der Waals surface area contributed by atoms with E-state index in [4.69, 9.17) is 15.2 Å². The van der Waals surface area contributed by atoms with E-state index in [1.54, 1.807) is 20.1 Å². The van der Waals surface area contributed by atoms with Crippen molar-refractivity contribution in [1.29, 1.82) is 0 Å². The molecule has 6 nitrogen and oxygen atoms in total. The minimum Gasteiger partial charge on any atom is -0.462 e. The number of hydrogen-bond donors (Lipinski definition) is 1.